The van der Waals surface area contributed by atoms with Crippen molar-refractivity contribution in [2.75, 3.05) is 6.61 Å². The van der Waals surface area contributed by atoms with E-state index in [1.807, 2.05) is 0 Å². The summed E-state index contributed by atoms with van der Waals surface area (Å²) in [7, 11) is 0. The Hall–Kier alpha value is -1.63. The molecule has 39 heavy (non-hydrogen) atoms. The van der Waals surface area contributed by atoms with E-state index in [0.29, 0.717) is 11.5 Å². The van der Waals surface area contributed by atoms with Gasteiger partial charge in [-0.2, -0.15) is 0 Å². The number of thioether (sulfide) groups is 2. The van der Waals surface area contributed by atoms with Crippen molar-refractivity contribution in [3.05, 3.63) is 46.5 Å². The Labute approximate surface area is 245 Å². The van der Waals surface area contributed by atoms with Crippen LogP contribution in [-0.2, 0) is 26.5 Å². The highest BCUT2D eigenvalue weighted by Crippen LogP contribution is 2.51. The standard InChI is InChI=1S/C33H50O4S2/c1-29(2,3)22-15-20(16-23(27(22)36)30(4,5)6)38-33(13,14)39-21-17-24(31(7,8)9)28(37-26(35)19-34)25(18-21)32(10,11)12/h15-18,34,36H,19H2,1-14H3. The average molecular weight is 575 g/mol. The first-order valence-electron chi connectivity index (χ1n) is 13.6. The van der Waals surface area contributed by atoms with Crippen LogP contribution in [0.25, 0.3) is 0 Å². The monoisotopic (exact) mass is 574 g/mol. The SMILES string of the molecule is CC(C)(Sc1cc(C(C)(C)C)c(O)c(C(C)(C)C)c1)Sc1cc(C(C)(C)C)c(OC(=O)CO)c(C(C)(C)C)c1. The molecule has 2 N–H and O–H groups in total. The quantitative estimate of drug-likeness (QED) is 0.155. The van der Waals surface area contributed by atoms with Crippen LogP contribution in [0.4, 0.5) is 0 Å². The minimum Gasteiger partial charge on any atom is -0.507 e. The zero-order valence-corrected chi connectivity index (χ0v) is 28.2. The van der Waals surface area contributed by atoms with E-state index in [9.17, 15) is 15.0 Å². The van der Waals surface area contributed by atoms with Gasteiger partial charge >= 0.3 is 5.97 Å². The average Bonchev–Trinajstić information content (AvgIpc) is 2.71. The predicted molar refractivity (Wildman–Crippen MR) is 168 cm³/mol. The molecule has 0 bridgehead atoms. The fourth-order valence-corrected chi connectivity index (χ4v) is 7.02. The molecule has 2 rings (SSSR count). The van der Waals surface area contributed by atoms with E-state index < -0.39 is 12.6 Å². The van der Waals surface area contributed by atoms with Crippen LogP contribution >= 0.6 is 23.5 Å². The van der Waals surface area contributed by atoms with Gasteiger partial charge in [-0.05, 0) is 59.8 Å². The molecule has 0 radical (unpaired) electrons. The summed E-state index contributed by atoms with van der Waals surface area (Å²) in [5, 5.41) is 20.6. The summed E-state index contributed by atoms with van der Waals surface area (Å²) in [5.74, 6) is 0.286. The number of hydrogen-bond acceptors (Lipinski definition) is 6. The molecule has 218 valence electrons. The Balaban J connectivity index is 2.64. The molecule has 0 fully saturated rings. The third kappa shape index (κ3) is 8.68. The summed E-state index contributed by atoms with van der Waals surface area (Å²) >= 11 is 3.56. The first kappa shape index (κ1) is 33.6. The largest absolute Gasteiger partial charge is 0.507 e. The summed E-state index contributed by atoms with van der Waals surface area (Å²) in [5.41, 5.74) is 2.85. The molecule has 2 aromatic carbocycles. The normalized spacial score (nSPS) is 13.5. The van der Waals surface area contributed by atoms with Crippen LogP contribution < -0.4 is 4.74 Å². The second kappa shape index (κ2) is 11.3. The van der Waals surface area contributed by atoms with E-state index in [-0.39, 0.29) is 25.7 Å². The minimum atomic E-state index is -0.660. The number of aliphatic hydroxyl groups excluding tert-OH is 1. The van der Waals surface area contributed by atoms with E-state index in [0.717, 1.165) is 32.0 Å². The van der Waals surface area contributed by atoms with E-state index >= 15 is 0 Å². The highest BCUT2D eigenvalue weighted by Gasteiger charge is 2.32. The van der Waals surface area contributed by atoms with Gasteiger partial charge in [-0.15, -0.1) is 23.5 Å². The number of esters is 1. The molecule has 0 saturated carbocycles. The number of aliphatic hydroxyl groups is 1. The predicted octanol–water partition coefficient (Wildman–Crippen LogP) is 9.10. The molecule has 0 saturated heterocycles. The number of hydrogen-bond donors (Lipinski definition) is 2. The maximum atomic E-state index is 12.2. The lowest BCUT2D eigenvalue weighted by Crippen LogP contribution is -2.23. The van der Waals surface area contributed by atoms with Crippen LogP contribution in [0, 0.1) is 0 Å². The van der Waals surface area contributed by atoms with Crippen LogP contribution in [0.3, 0.4) is 0 Å². The summed E-state index contributed by atoms with van der Waals surface area (Å²) in [6.45, 7) is 29.2. The molecule has 0 aliphatic heterocycles. The summed E-state index contributed by atoms with van der Waals surface area (Å²) in [6.07, 6.45) is 0. The molecule has 4 nitrogen and oxygen atoms in total. The number of ether oxygens (including phenoxy) is 1. The molecule has 0 unspecified atom stereocenters. The fraction of sp³-hybridized carbons (Fsp3) is 0.606. The zero-order chi connectivity index (χ0) is 30.4. The Morgan fingerprint density at radius 1 is 0.641 bits per heavy atom. The molecular weight excluding hydrogens is 524 g/mol. The Morgan fingerprint density at radius 3 is 1.23 bits per heavy atom. The van der Waals surface area contributed by atoms with Crippen LogP contribution in [0.2, 0.25) is 0 Å². The molecule has 0 aliphatic carbocycles. The van der Waals surface area contributed by atoms with Gasteiger partial charge in [0.25, 0.3) is 0 Å². The maximum absolute atomic E-state index is 12.2. The zero-order valence-electron chi connectivity index (χ0n) is 26.5. The molecule has 0 aromatic heterocycles. The van der Waals surface area contributed by atoms with Gasteiger partial charge in [0.2, 0.25) is 0 Å². The molecule has 2 aromatic rings. The number of carbonyl (C=O) groups is 1. The van der Waals surface area contributed by atoms with Crippen LogP contribution in [0.5, 0.6) is 11.5 Å². The third-order valence-corrected chi connectivity index (χ3v) is 8.88. The van der Waals surface area contributed by atoms with Crippen molar-refractivity contribution in [3.8, 4) is 11.5 Å². The Kier molecular flexibility index (Phi) is 9.75. The van der Waals surface area contributed by atoms with Crippen molar-refractivity contribution < 1.29 is 19.7 Å². The van der Waals surface area contributed by atoms with Crippen molar-refractivity contribution in [2.45, 2.75) is 132 Å². The molecule has 0 aliphatic rings. The number of carbonyl (C=O) groups excluding carboxylic acids is 1. The van der Waals surface area contributed by atoms with Crippen LogP contribution in [0.15, 0.2) is 34.1 Å². The topological polar surface area (TPSA) is 66.8 Å². The minimum absolute atomic E-state index is 0.191. The van der Waals surface area contributed by atoms with Crippen molar-refractivity contribution >= 4 is 29.5 Å². The summed E-state index contributed by atoms with van der Waals surface area (Å²) in [6, 6.07) is 8.52. The van der Waals surface area contributed by atoms with Gasteiger partial charge in [0.05, 0.1) is 4.08 Å². The summed E-state index contributed by atoms with van der Waals surface area (Å²) in [4.78, 5) is 14.4. The Morgan fingerprint density at radius 2 is 0.949 bits per heavy atom. The van der Waals surface area contributed by atoms with Gasteiger partial charge in [0, 0.05) is 32.0 Å². The smallest absolute Gasteiger partial charge is 0.337 e. The highest BCUT2D eigenvalue weighted by molar-refractivity contribution is 8.18. The van der Waals surface area contributed by atoms with Crippen molar-refractivity contribution in [3.63, 3.8) is 0 Å². The maximum Gasteiger partial charge on any atom is 0.337 e. The van der Waals surface area contributed by atoms with Gasteiger partial charge in [-0.1, -0.05) is 83.1 Å². The van der Waals surface area contributed by atoms with Gasteiger partial charge in [-0.25, -0.2) is 4.79 Å². The number of benzene rings is 2. The van der Waals surface area contributed by atoms with Gasteiger partial charge in [-0.3, -0.25) is 0 Å². The summed E-state index contributed by atoms with van der Waals surface area (Å²) < 4.78 is 5.49. The van der Waals surface area contributed by atoms with E-state index in [1.165, 1.54) is 0 Å². The van der Waals surface area contributed by atoms with Crippen molar-refractivity contribution in [1.82, 2.24) is 0 Å². The first-order chi connectivity index (χ1) is 17.4. The lowest BCUT2D eigenvalue weighted by Gasteiger charge is -2.32. The van der Waals surface area contributed by atoms with Crippen LogP contribution in [-0.4, -0.2) is 26.9 Å². The highest BCUT2D eigenvalue weighted by atomic mass is 32.2. The number of phenolic OH excluding ortho intramolecular Hbond substituents is 1. The van der Waals surface area contributed by atoms with E-state index in [4.69, 9.17) is 4.74 Å². The van der Waals surface area contributed by atoms with Crippen molar-refractivity contribution in [2.24, 2.45) is 0 Å². The lowest BCUT2D eigenvalue weighted by atomic mass is 9.79. The first-order valence-corrected chi connectivity index (χ1v) is 15.3. The molecular formula is C33H50O4S2. The lowest BCUT2D eigenvalue weighted by molar-refractivity contribution is -0.137. The van der Waals surface area contributed by atoms with E-state index in [2.05, 4.69) is 121 Å². The van der Waals surface area contributed by atoms with Gasteiger partial charge < -0.3 is 14.9 Å². The molecule has 0 atom stereocenters. The second-order valence-electron chi connectivity index (χ2n) is 15.0. The second-order valence-corrected chi connectivity index (χ2v) is 18.6. The van der Waals surface area contributed by atoms with Crippen LogP contribution in [0.1, 0.15) is 119 Å². The molecule has 0 spiro atoms. The fourth-order valence-electron chi connectivity index (χ4n) is 4.43. The van der Waals surface area contributed by atoms with E-state index in [1.54, 1.807) is 23.5 Å². The molecule has 6 heteroatoms. The Bertz CT molecular complexity index is 1130. The van der Waals surface area contributed by atoms with Gasteiger partial charge in [0.15, 0.2) is 0 Å². The van der Waals surface area contributed by atoms with Gasteiger partial charge in [0.1, 0.15) is 18.1 Å². The van der Waals surface area contributed by atoms with Crippen molar-refractivity contribution in [1.29, 1.82) is 0 Å². The number of phenols is 1. The third-order valence-electron chi connectivity index (χ3n) is 6.45. The molecule has 0 amide bonds. The number of rotatable bonds is 6. The number of aromatic hydroxyl groups is 1. The molecule has 0 heterocycles.